The van der Waals surface area contributed by atoms with Gasteiger partial charge in [-0.25, -0.2) is 0 Å². The highest BCUT2D eigenvalue weighted by atomic mass is 35.5. The maximum absolute atomic E-state index is 9.24. The number of rotatable bonds is 35. The van der Waals surface area contributed by atoms with E-state index < -0.39 is 5.97 Å². The third kappa shape index (κ3) is 34.8. The highest BCUT2D eigenvalue weighted by molar-refractivity contribution is 6.26. The first-order chi connectivity index (χ1) is 26.0. The number of amidine groups is 2. The SMILES string of the molecule is CCCCCCCCCCCCCCCCC1=NCCN1CCO.CCCCCCCCCCCCCCCCC1=NCCN1CCO.O=C(O)CCl. The predicted molar refractivity (Wildman–Crippen MR) is 230 cm³/mol. The van der Waals surface area contributed by atoms with E-state index in [2.05, 4.69) is 33.6 Å². The second-order valence-electron chi connectivity index (χ2n) is 15.2. The number of aliphatic imine (C=N–C) groups is 2. The highest BCUT2D eigenvalue weighted by Crippen LogP contribution is 2.16. The van der Waals surface area contributed by atoms with E-state index in [-0.39, 0.29) is 19.1 Å². The van der Waals surface area contributed by atoms with Crippen molar-refractivity contribution in [2.45, 2.75) is 206 Å². The molecule has 0 spiro atoms. The van der Waals surface area contributed by atoms with Crippen molar-refractivity contribution >= 4 is 29.2 Å². The Bertz CT molecular complexity index is 784. The number of β-amino-alcohol motifs (C(OH)–C–C–N with tert-alkyl or cyclic N) is 2. The number of hydrogen-bond acceptors (Lipinski definition) is 7. The van der Waals surface area contributed by atoms with Crippen LogP contribution >= 0.6 is 11.6 Å². The van der Waals surface area contributed by atoms with Gasteiger partial charge in [0.15, 0.2) is 0 Å². The second kappa shape index (κ2) is 41.8. The van der Waals surface area contributed by atoms with Crippen LogP contribution in [0.5, 0.6) is 0 Å². The summed E-state index contributed by atoms with van der Waals surface area (Å²) in [5.74, 6) is 1.19. The van der Waals surface area contributed by atoms with Gasteiger partial charge in [0, 0.05) is 39.0 Å². The summed E-state index contributed by atoms with van der Waals surface area (Å²) >= 11 is 4.74. The first-order valence-corrected chi connectivity index (χ1v) is 23.1. The summed E-state index contributed by atoms with van der Waals surface area (Å²) in [6.45, 7) is 10.5. The number of aliphatic hydroxyl groups excluding tert-OH is 2. The molecular weight excluding hydrogens is 684 g/mol. The predicted octanol–water partition coefficient (Wildman–Crippen LogP) is 11.4. The molecule has 0 radical (unpaired) electrons. The molecule has 8 nitrogen and oxygen atoms in total. The lowest BCUT2D eigenvalue weighted by Gasteiger charge is -2.18. The van der Waals surface area contributed by atoms with Crippen molar-refractivity contribution in [1.29, 1.82) is 0 Å². The average molecular weight is 772 g/mol. The Hall–Kier alpha value is -1.38. The molecule has 0 fully saturated rings. The zero-order valence-corrected chi connectivity index (χ0v) is 35.7. The van der Waals surface area contributed by atoms with Crippen LogP contribution in [-0.4, -0.2) is 101 Å². The Kier molecular flexibility index (Phi) is 40.7. The van der Waals surface area contributed by atoms with Gasteiger partial charge in [0.25, 0.3) is 0 Å². The Labute approximate surface area is 333 Å². The van der Waals surface area contributed by atoms with Crippen LogP contribution in [0.3, 0.4) is 0 Å². The van der Waals surface area contributed by atoms with Gasteiger partial charge in [-0.05, 0) is 12.8 Å². The number of carboxylic acid groups (broad SMARTS) is 1. The van der Waals surface area contributed by atoms with Crippen LogP contribution in [0.25, 0.3) is 0 Å². The summed E-state index contributed by atoms with van der Waals surface area (Å²) in [4.78, 5) is 22.9. The molecule has 0 atom stereocenters. The number of alkyl halides is 1. The van der Waals surface area contributed by atoms with Gasteiger partial charge < -0.3 is 25.1 Å². The summed E-state index contributed by atoms with van der Waals surface area (Å²) in [6, 6.07) is 0. The molecule has 2 aliphatic rings. The topological polar surface area (TPSA) is 109 Å². The maximum atomic E-state index is 9.24. The Morgan fingerprint density at radius 1 is 0.509 bits per heavy atom. The second-order valence-corrected chi connectivity index (χ2v) is 15.5. The van der Waals surface area contributed by atoms with Crippen LogP contribution < -0.4 is 0 Å². The number of nitrogens with zero attached hydrogens (tertiary/aromatic N) is 4. The normalized spacial score (nSPS) is 13.8. The number of aliphatic hydroxyl groups is 2. The third-order valence-corrected chi connectivity index (χ3v) is 10.6. The molecule has 0 saturated heterocycles. The van der Waals surface area contributed by atoms with Crippen molar-refractivity contribution in [3.05, 3.63) is 0 Å². The van der Waals surface area contributed by atoms with Gasteiger partial charge in [-0.1, -0.05) is 181 Å². The minimum atomic E-state index is -0.980. The fraction of sp³-hybridized carbons (Fsp3) is 0.932. The smallest absolute Gasteiger partial charge is 0.318 e. The lowest BCUT2D eigenvalue weighted by Crippen LogP contribution is -2.30. The van der Waals surface area contributed by atoms with Crippen LogP contribution in [0, 0.1) is 0 Å². The summed E-state index contributed by atoms with van der Waals surface area (Å²) in [7, 11) is 0. The molecule has 314 valence electrons. The number of aliphatic carboxylic acids is 1. The van der Waals surface area contributed by atoms with E-state index in [4.69, 9.17) is 26.9 Å². The Balaban J connectivity index is 0.000000904. The summed E-state index contributed by atoms with van der Waals surface area (Å²) < 4.78 is 0. The fourth-order valence-corrected chi connectivity index (χ4v) is 7.21. The van der Waals surface area contributed by atoms with Crippen molar-refractivity contribution in [3.8, 4) is 0 Å². The van der Waals surface area contributed by atoms with Gasteiger partial charge in [-0.3, -0.25) is 14.8 Å². The van der Waals surface area contributed by atoms with E-state index in [0.29, 0.717) is 0 Å². The van der Waals surface area contributed by atoms with Crippen LogP contribution in [0.4, 0.5) is 0 Å². The number of hydrogen-bond donors (Lipinski definition) is 3. The molecule has 0 aliphatic carbocycles. The van der Waals surface area contributed by atoms with Gasteiger partial charge in [0.2, 0.25) is 0 Å². The van der Waals surface area contributed by atoms with Crippen LogP contribution in [0.2, 0.25) is 0 Å². The molecule has 2 aliphatic heterocycles. The largest absolute Gasteiger partial charge is 0.480 e. The van der Waals surface area contributed by atoms with E-state index in [9.17, 15) is 4.79 Å². The van der Waals surface area contributed by atoms with Crippen molar-refractivity contribution in [3.63, 3.8) is 0 Å². The van der Waals surface area contributed by atoms with E-state index in [0.717, 1.165) is 52.1 Å². The zero-order valence-electron chi connectivity index (χ0n) is 35.0. The third-order valence-electron chi connectivity index (χ3n) is 10.4. The quantitative estimate of drug-likeness (QED) is 0.0437. The molecule has 0 bridgehead atoms. The highest BCUT2D eigenvalue weighted by Gasteiger charge is 2.16. The molecule has 0 aromatic carbocycles. The van der Waals surface area contributed by atoms with E-state index in [1.807, 2.05) is 0 Å². The minimum absolute atomic E-state index is 0.248. The van der Waals surface area contributed by atoms with Crippen LogP contribution in [0.15, 0.2) is 9.98 Å². The van der Waals surface area contributed by atoms with Crippen molar-refractivity contribution < 1.29 is 20.1 Å². The number of halogens is 1. The summed E-state index contributed by atoms with van der Waals surface area (Å²) in [5, 5.41) is 25.7. The number of carboxylic acids is 1. The molecule has 3 N–H and O–H groups in total. The van der Waals surface area contributed by atoms with Gasteiger partial charge >= 0.3 is 5.97 Å². The molecule has 9 heteroatoms. The molecule has 0 aromatic rings. The first kappa shape index (κ1) is 51.6. The molecule has 2 rings (SSSR count). The van der Waals surface area contributed by atoms with E-state index >= 15 is 0 Å². The molecule has 53 heavy (non-hydrogen) atoms. The first-order valence-electron chi connectivity index (χ1n) is 22.6. The van der Waals surface area contributed by atoms with E-state index in [1.54, 1.807) is 0 Å². The monoisotopic (exact) mass is 771 g/mol. The standard InChI is InChI=1S/2C21H42N2O.C2H3ClO2/c2*1-2-3-4-5-6-7-8-9-10-11-12-13-14-15-16-21-22-17-18-23(21)19-20-24;3-1-2(4)5/h2*24H,2-20H2,1H3;1H2,(H,4,5). The van der Waals surface area contributed by atoms with Gasteiger partial charge in [-0.2, -0.15) is 0 Å². The number of carbonyl (C=O) groups is 1. The van der Waals surface area contributed by atoms with Gasteiger partial charge in [-0.15, -0.1) is 11.6 Å². The number of unbranched alkanes of at least 4 members (excludes halogenated alkanes) is 26. The molecule has 0 unspecified atom stereocenters. The lowest BCUT2D eigenvalue weighted by atomic mass is 10.0. The molecule has 0 amide bonds. The fourth-order valence-electron chi connectivity index (χ4n) is 7.21. The molecule has 0 aromatic heterocycles. The van der Waals surface area contributed by atoms with Crippen LogP contribution in [-0.2, 0) is 4.79 Å². The molecule has 0 saturated carbocycles. The van der Waals surface area contributed by atoms with Crippen molar-refractivity contribution in [1.82, 2.24) is 9.80 Å². The summed E-state index contributed by atoms with van der Waals surface area (Å²) in [6.07, 6.45) is 41.7. The van der Waals surface area contributed by atoms with E-state index in [1.165, 1.54) is 191 Å². The lowest BCUT2D eigenvalue weighted by molar-refractivity contribution is -0.134. The van der Waals surface area contributed by atoms with Crippen LogP contribution in [0.1, 0.15) is 206 Å². The zero-order chi connectivity index (χ0) is 38.9. The summed E-state index contributed by atoms with van der Waals surface area (Å²) in [5.41, 5.74) is 0. The maximum Gasteiger partial charge on any atom is 0.318 e. The van der Waals surface area contributed by atoms with Gasteiger partial charge in [0.1, 0.15) is 5.88 Å². The van der Waals surface area contributed by atoms with Crippen molar-refractivity contribution in [2.75, 3.05) is 58.4 Å². The Morgan fingerprint density at radius 2 is 0.755 bits per heavy atom. The van der Waals surface area contributed by atoms with Gasteiger partial charge in [0.05, 0.1) is 38.0 Å². The Morgan fingerprint density at radius 3 is 0.981 bits per heavy atom. The van der Waals surface area contributed by atoms with Crippen molar-refractivity contribution in [2.24, 2.45) is 9.98 Å². The molecular formula is C44H87ClN4O4. The minimum Gasteiger partial charge on any atom is -0.480 e. The molecule has 2 heterocycles. The average Bonchev–Trinajstić information content (AvgIpc) is 3.81.